The van der Waals surface area contributed by atoms with Gasteiger partial charge in [0.05, 0.1) is 6.61 Å². The summed E-state index contributed by atoms with van der Waals surface area (Å²) in [5.41, 5.74) is 0. The number of allylic oxidation sites excluding steroid dienone is 6. The molecule has 1 unspecified atom stereocenters. The molecule has 52 heavy (non-hydrogen) atoms. The molecule has 0 radical (unpaired) electrons. The summed E-state index contributed by atoms with van der Waals surface area (Å²) in [6.07, 6.45) is 45.7. The molecule has 1 atom stereocenters. The fourth-order valence-corrected chi connectivity index (χ4v) is 6.29. The predicted molar refractivity (Wildman–Crippen MR) is 216 cm³/mol. The predicted octanol–water partition coefficient (Wildman–Crippen LogP) is 13.0. The molecule has 0 aliphatic carbocycles. The number of hydrogen-bond acceptors (Lipinski definition) is 6. The van der Waals surface area contributed by atoms with Crippen LogP contribution in [0.4, 0.5) is 0 Å². The fraction of sp³-hybridized carbons (Fsp3) is 0.814. The van der Waals surface area contributed by atoms with Crippen LogP contribution < -0.4 is 0 Å². The highest BCUT2D eigenvalue weighted by atomic mass is 31.2. The molecule has 0 rings (SSSR count). The number of carbonyl (C=O) groups excluding carboxylic acids is 2. The third kappa shape index (κ3) is 41.0. The highest BCUT2D eigenvalue weighted by Gasteiger charge is 2.22. The molecule has 0 aliphatic heterocycles. The highest BCUT2D eigenvalue weighted by molar-refractivity contribution is 7.46. The van der Waals surface area contributed by atoms with Crippen LogP contribution in [0.25, 0.3) is 0 Å². The molecule has 0 saturated carbocycles. The number of rotatable bonds is 39. The number of unbranched alkanes of at least 4 members (excludes halogenated alkanes) is 23. The SMILES string of the molecule is CCCCCC/C=C\C/C=C\CCCCCCCC(=O)OC(COC(=O)CCCCCCCCC/C=C\CCCCCCCCC)COP(=O)(O)O. The van der Waals surface area contributed by atoms with E-state index in [9.17, 15) is 14.2 Å². The molecule has 9 heteroatoms. The van der Waals surface area contributed by atoms with E-state index < -0.39 is 32.5 Å². The van der Waals surface area contributed by atoms with Crippen molar-refractivity contribution in [3.8, 4) is 0 Å². The normalized spacial score (nSPS) is 12.8. The monoisotopic (exact) mass is 755 g/mol. The van der Waals surface area contributed by atoms with Gasteiger partial charge in [-0.15, -0.1) is 0 Å². The summed E-state index contributed by atoms with van der Waals surface area (Å²) in [6.45, 7) is 3.66. The van der Waals surface area contributed by atoms with E-state index >= 15 is 0 Å². The van der Waals surface area contributed by atoms with Crippen LogP contribution in [0, 0.1) is 0 Å². The Kier molecular flexibility index (Phi) is 37.7. The van der Waals surface area contributed by atoms with E-state index in [1.807, 2.05) is 0 Å². The average molecular weight is 755 g/mol. The Morgan fingerprint density at radius 2 is 0.865 bits per heavy atom. The minimum absolute atomic E-state index is 0.195. The Morgan fingerprint density at radius 1 is 0.500 bits per heavy atom. The van der Waals surface area contributed by atoms with Gasteiger partial charge in [-0.3, -0.25) is 14.1 Å². The van der Waals surface area contributed by atoms with Crippen molar-refractivity contribution in [2.45, 2.75) is 213 Å². The zero-order valence-electron chi connectivity index (χ0n) is 33.5. The van der Waals surface area contributed by atoms with Crippen molar-refractivity contribution in [1.29, 1.82) is 0 Å². The van der Waals surface area contributed by atoms with Crippen LogP contribution in [0.2, 0.25) is 0 Å². The molecule has 8 nitrogen and oxygen atoms in total. The molecular weight excluding hydrogens is 675 g/mol. The average Bonchev–Trinajstić information content (AvgIpc) is 3.11. The Morgan fingerprint density at radius 3 is 1.31 bits per heavy atom. The molecular formula is C43H79O8P. The van der Waals surface area contributed by atoms with E-state index in [1.54, 1.807) is 0 Å². The number of carbonyl (C=O) groups is 2. The first-order valence-corrected chi connectivity index (χ1v) is 22.8. The Bertz CT molecular complexity index is 941. The van der Waals surface area contributed by atoms with Gasteiger partial charge in [-0.05, 0) is 70.6 Å². The summed E-state index contributed by atoms with van der Waals surface area (Å²) in [5.74, 6) is -0.902. The second kappa shape index (κ2) is 39.0. The lowest BCUT2D eigenvalue weighted by Crippen LogP contribution is -2.29. The first kappa shape index (κ1) is 50.3. The van der Waals surface area contributed by atoms with Crippen molar-refractivity contribution < 1.29 is 37.9 Å². The zero-order chi connectivity index (χ0) is 38.2. The molecule has 0 spiro atoms. The summed E-state index contributed by atoms with van der Waals surface area (Å²) in [6, 6.07) is 0. The molecule has 0 bridgehead atoms. The lowest BCUT2D eigenvalue weighted by Gasteiger charge is -2.18. The Hall–Kier alpha value is -1.73. The summed E-state index contributed by atoms with van der Waals surface area (Å²) in [7, 11) is -4.76. The lowest BCUT2D eigenvalue weighted by molar-refractivity contribution is -0.161. The number of ether oxygens (including phenoxy) is 2. The van der Waals surface area contributed by atoms with E-state index in [0.29, 0.717) is 6.42 Å². The van der Waals surface area contributed by atoms with E-state index in [-0.39, 0.29) is 19.4 Å². The van der Waals surface area contributed by atoms with Gasteiger partial charge in [0.1, 0.15) is 6.61 Å². The third-order valence-corrected chi connectivity index (χ3v) is 9.62. The minimum atomic E-state index is -4.76. The van der Waals surface area contributed by atoms with Gasteiger partial charge >= 0.3 is 19.8 Å². The van der Waals surface area contributed by atoms with Crippen molar-refractivity contribution in [2.24, 2.45) is 0 Å². The van der Waals surface area contributed by atoms with E-state index in [4.69, 9.17) is 19.3 Å². The minimum Gasteiger partial charge on any atom is -0.462 e. The molecule has 0 aromatic rings. The smallest absolute Gasteiger partial charge is 0.462 e. The van der Waals surface area contributed by atoms with E-state index in [1.165, 1.54) is 103 Å². The largest absolute Gasteiger partial charge is 0.469 e. The van der Waals surface area contributed by atoms with E-state index in [0.717, 1.165) is 70.6 Å². The Balaban J connectivity index is 3.93. The van der Waals surface area contributed by atoms with Crippen molar-refractivity contribution in [3.63, 3.8) is 0 Å². The third-order valence-electron chi connectivity index (χ3n) is 9.13. The van der Waals surface area contributed by atoms with Crippen molar-refractivity contribution >= 4 is 19.8 Å². The molecule has 0 heterocycles. The van der Waals surface area contributed by atoms with Gasteiger partial charge in [0, 0.05) is 12.8 Å². The number of esters is 2. The van der Waals surface area contributed by atoms with Gasteiger partial charge in [-0.25, -0.2) is 4.57 Å². The van der Waals surface area contributed by atoms with Crippen LogP contribution >= 0.6 is 7.82 Å². The highest BCUT2D eigenvalue weighted by Crippen LogP contribution is 2.36. The summed E-state index contributed by atoms with van der Waals surface area (Å²) in [4.78, 5) is 42.8. The summed E-state index contributed by atoms with van der Waals surface area (Å²) >= 11 is 0. The van der Waals surface area contributed by atoms with Crippen molar-refractivity contribution in [1.82, 2.24) is 0 Å². The van der Waals surface area contributed by atoms with Crippen molar-refractivity contribution in [2.75, 3.05) is 13.2 Å². The molecule has 2 N–H and O–H groups in total. The quantitative estimate of drug-likeness (QED) is 0.0275. The number of phosphoric acid groups is 1. The Labute approximate surface area is 319 Å². The van der Waals surface area contributed by atoms with Crippen molar-refractivity contribution in [3.05, 3.63) is 36.5 Å². The molecule has 0 aromatic carbocycles. The number of hydrogen-bond donors (Lipinski definition) is 2. The van der Waals surface area contributed by atoms with Crippen LogP contribution in [0.5, 0.6) is 0 Å². The molecule has 0 saturated heterocycles. The zero-order valence-corrected chi connectivity index (χ0v) is 34.4. The summed E-state index contributed by atoms with van der Waals surface area (Å²) < 4.78 is 26.4. The standard InChI is InChI=1S/C43H79O8P/c1-3-5-7-9-11-13-15-17-19-21-22-24-25-27-29-31-33-35-37-42(44)49-39-41(40-50-52(46,47)48)51-43(45)38-36-34-32-30-28-26-23-20-18-16-14-12-10-8-6-4-2/h14,16,19-21,23,41H,3-13,15,17-18,22,24-40H2,1-2H3,(H2,46,47,48)/b16-14-,21-19-,23-20-. The van der Waals surface area contributed by atoms with Gasteiger partial charge in [0.15, 0.2) is 6.10 Å². The second-order valence-corrected chi connectivity index (χ2v) is 15.5. The molecule has 304 valence electrons. The van der Waals surface area contributed by atoms with Crippen LogP contribution in [0.15, 0.2) is 36.5 Å². The van der Waals surface area contributed by atoms with Crippen LogP contribution in [0.3, 0.4) is 0 Å². The first-order valence-electron chi connectivity index (χ1n) is 21.3. The van der Waals surface area contributed by atoms with Gasteiger partial charge < -0.3 is 19.3 Å². The molecule has 0 aromatic heterocycles. The van der Waals surface area contributed by atoms with E-state index in [2.05, 4.69) is 54.8 Å². The second-order valence-electron chi connectivity index (χ2n) is 14.3. The number of phosphoric ester groups is 1. The van der Waals surface area contributed by atoms with Crippen LogP contribution in [0.1, 0.15) is 206 Å². The fourth-order valence-electron chi connectivity index (χ4n) is 5.93. The molecule has 0 aliphatic rings. The maximum Gasteiger partial charge on any atom is 0.469 e. The van der Waals surface area contributed by atoms with Gasteiger partial charge in [0.25, 0.3) is 0 Å². The van der Waals surface area contributed by atoms with Gasteiger partial charge in [0.2, 0.25) is 0 Å². The molecule has 0 fully saturated rings. The topological polar surface area (TPSA) is 119 Å². The van der Waals surface area contributed by atoms with Crippen LogP contribution in [-0.4, -0.2) is 41.0 Å². The lowest BCUT2D eigenvalue weighted by atomic mass is 10.1. The maximum absolute atomic E-state index is 12.4. The maximum atomic E-state index is 12.4. The van der Waals surface area contributed by atoms with Gasteiger partial charge in [-0.2, -0.15) is 0 Å². The van der Waals surface area contributed by atoms with Crippen LogP contribution in [-0.2, 0) is 28.2 Å². The molecule has 0 amide bonds. The van der Waals surface area contributed by atoms with Gasteiger partial charge in [-0.1, -0.05) is 159 Å². The summed E-state index contributed by atoms with van der Waals surface area (Å²) in [5, 5.41) is 0. The first-order chi connectivity index (χ1) is 25.3.